The van der Waals surface area contributed by atoms with E-state index in [1.807, 2.05) is 0 Å². The first-order valence-electron chi connectivity index (χ1n) is 16.9. The fourth-order valence-electron chi connectivity index (χ4n) is 13.2. The first-order valence-corrected chi connectivity index (χ1v) is 16.9. The van der Waals surface area contributed by atoms with Gasteiger partial charge in [-0.25, -0.2) is 0 Å². The molecule has 0 amide bonds. The Morgan fingerprint density at radius 1 is 0.625 bits per heavy atom. The van der Waals surface area contributed by atoms with Crippen LogP contribution in [0.1, 0.15) is 126 Å². The molecule has 232 valence electrons. The second-order valence-electron chi connectivity index (χ2n) is 17.3. The second kappa shape index (κ2) is 10.5. The van der Waals surface area contributed by atoms with E-state index in [0.29, 0.717) is 33.5 Å². The van der Waals surface area contributed by atoms with E-state index in [1.54, 1.807) is 0 Å². The number of rotatable bonds is 7. The van der Waals surface area contributed by atoms with Crippen molar-refractivity contribution in [1.29, 1.82) is 0 Å². The minimum absolute atomic E-state index is 0.0232. The molecule has 5 heteroatoms. The molecule has 5 saturated carbocycles. The summed E-state index contributed by atoms with van der Waals surface area (Å²) in [5.74, 6) is 3.41. The van der Waals surface area contributed by atoms with Crippen LogP contribution in [0.2, 0.25) is 0 Å². The molecule has 5 rings (SSSR count). The zero-order chi connectivity index (χ0) is 29.5. The van der Waals surface area contributed by atoms with Crippen molar-refractivity contribution in [3.8, 4) is 0 Å². The van der Waals surface area contributed by atoms with Crippen LogP contribution in [0.4, 0.5) is 0 Å². The Bertz CT molecular complexity index is 921. The molecular weight excluding hydrogens is 500 g/mol. The lowest BCUT2D eigenvalue weighted by Crippen LogP contribution is -2.65. The lowest BCUT2D eigenvalue weighted by atomic mass is 9.32. The summed E-state index contributed by atoms with van der Waals surface area (Å²) in [6, 6.07) is 0. The molecule has 0 aromatic rings. The minimum atomic E-state index is -1.45. The Kier molecular flexibility index (Phi) is 8.17. The van der Waals surface area contributed by atoms with Crippen LogP contribution in [0.5, 0.6) is 0 Å². The molecule has 5 aliphatic rings. The molecule has 14 atom stereocenters. The zero-order valence-electron chi connectivity index (χ0n) is 26.7. The molecular formula is C35H62O5. The maximum absolute atomic E-state index is 11.2. The third-order valence-corrected chi connectivity index (χ3v) is 15.5. The van der Waals surface area contributed by atoms with E-state index in [-0.39, 0.29) is 17.8 Å². The van der Waals surface area contributed by atoms with Gasteiger partial charge < -0.3 is 25.5 Å². The van der Waals surface area contributed by atoms with Gasteiger partial charge in [-0.05, 0) is 127 Å². The van der Waals surface area contributed by atoms with Crippen molar-refractivity contribution in [2.45, 2.75) is 150 Å². The summed E-state index contributed by atoms with van der Waals surface area (Å²) in [6.45, 7) is 17.3. The van der Waals surface area contributed by atoms with Crippen molar-refractivity contribution in [3.63, 3.8) is 0 Å². The third-order valence-electron chi connectivity index (χ3n) is 15.5. The van der Waals surface area contributed by atoms with Crippen LogP contribution < -0.4 is 0 Å². The Morgan fingerprint density at radius 3 is 1.85 bits per heavy atom. The van der Waals surface area contributed by atoms with Crippen molar-refractivity contribution in [1.82, 2.24) is 0 Å². The van der Waals surface area contributed by atoms with Gasteiger partial charge in [-0.15, -0.1) is 0 Å². The highest BCUT2D eigenvalue weighted by atomic mass is 16.4. The van der Waals surface area contributed by atoms with Crippen molar-refractivity contribution in [3.05, 3.63) is 0 Å². The molecule has 0 aliphatic heterocycles. The molecule has 0 aromatic carbocycles. The third kappa shape index (κ3) is 4.41. The summed E-state index contributed by atoms with van der Waals surface area (Å²) >= 11 is 0. The molecule has 0 radical (unpaired) electrons. The lowest BCUT2D eigenvalue weighted by molar-refractivity contribution is -0.242. The van der Waals surface area contributed by atoms with Gasteiger partial charge in [0.1, 0.15) is 12.2 Å². The molecule has 0 bridgehead atoms. The summed E-state index contributed by atoms with van der Waals surface area (Å²) in [5, 5.41) is 50.6. The highest BCUT2D eigenvalue weighted by molar-refractivity contribution is 5.19. The SMILES string of the molecule is CC(C(O)C[C@@H](O)C(O)C(O)CO)C1CCC2(C)C1CCC1(C)C2CCC2[C@@]3(C)CCCC(C)(C)C3CC[C@]21C. The van der Waals surface area contributed by atoms with Gasteiger partial charge in [0.2, 0.25) is 0 Å². The van der Waals surface area contributed by atoms with Gasteiger partial charge >= 0.3 is 0 Å². The van der Waals surface area contributed by atoms with Gasteiger partial charge in [0.15, 0.2) is 0 Å². The van der Waals surface area contributed by atoms with Crippen LogP contribution in [0, 0.1) is 62.6 Å². The van der Waals surface area contributed by atoms with E-state index in [9.17, 15) is 20.4 Å². The first-order chi connectivity index (χ1) is 18.6. The van der Waals surface area contributed by atoms with E-state index < -0.39 is 31.0 Å². The number of aliphatic hydroxyl groups is 5. The van der Waals surface area contributed by atoms with Gasteiger partial charge in [0, 0.05) is 6.42 Å². The van der Waals surface area contributed by atoms with Crippen molar-refractivity contribution in [2.24, 2.45) is 62.6 Å². The quantitative estimate of drug-likeness (QED) is 0.264. The smallest absolute Gasteiger partial charge is 0.108 e. The molecule has 5 nitrogen and oxygen atoms in total. The molecule has 5 N–H and O–H groups in total. The summed E-state index contributed by atoms with van der Waals surface area (Å²) in [4.78, 5) is 0. The van der Waals surface area contributed by atoms with E-state index in [4.69, 9.17) is 5.11 Å². The van der Waals surface area contributed by atoms with Crippen molar-refractivity contribution >= 4 is 0 Å². The molecule has 5 fully saturated rings. The average Bonchev–Trinajstić information content (AvgIpc) is 3.24. The van der Waals surface area contributed by atoms with Crippen molar-refractivity contribution < 1.29 is 25.5 Å². The Morgan fingerprint density at radius 2 is 1.23 bits per heavy atom. The zero-order valence-corrected chi connectivity index (χ0v) is 26.7. The van der Waals surface area contributed by atoms with Crippen LogP contribution in [0.3, 0.4) is 0 Å². The Labute approximate surface area is 244 Å². The monoisotopic (exact) mass is 562 g/mol. The standard InChI is InChI=1S/C35H62O5/c1-21(24(37)19-25(38)30(40)26(39)20-36)22-11-16-32(4)23(22)12-17-34(6)28(32)9-10-29-33(5)15-8-14-31(2,3)27(33)13-18-35(29,34)7/h21-30,36-40H,8-20H2,1-7H3/t21?,22?,23?,24?,25-,26?,27?,28?,29?,30?,32?,33+,34?,35-/m1/s1. The van der Waals surface area contributed by atoms with E-state index in [1.165, 1.54) is 64.2 Å². The second-order valence-corrected chi connectivity index (χ2v) is 17.3. The van der Waals surface area contributed by atoms with Gasteiger partial charge in [-0.1, -0.05) is 54.9 Å². The number of aliphatic hydroxyl groups excluding tert-OH is 5. The van der Waals surface area contributed by atoms with Gasteiger partial charge in [-0.2, -0.15) is 0 Å². The first kappa shape index (κ1) is 31.2. The van der Waals surface area contributed by atoms with E-state index in [0.717, 1.165) is 24.2 Å². The highest BCUT2D eigenvalue weighted by Gasteiger charge is 2.70. The minimum Gasteiger partial charge on any atom is -0.394 e. The predicted molar refractivity (Wildman–Crippen MR) is 159 cm³/mol. The maximum atomic E-state index is 11.2. The van der Waals surface area contributed by atoms with Crippen LogP contribution in [-0.2, 0) is 0 Å². The van der Waals surface area contributed by atoms with Crippen LogP contribution in [-0.4, -0.2) is 56.6 Å². The van der Waals surface area contributed by atoms with Crippen LogP contribution in [0.15, 0.2) is 0 Å². The highest BCUT2D eigenvalue weighted by Crippen LogP contribution is 2.78. The molecule has 40 heavy (non-hydrogen) atoms. The predicted octanol–water partition coefficient (Wildman–Crippen LogP) is 5.94. The summed E-state index contributed by atoms with van der Waals surface area (Å²) in [5.41, 5.74) is 1.96. The Hall–Kier alpha value is -0.200. The topological polar surface area (TPSA) is 101 Å². The summed E-state index contributed by atoms with van der Waals surface area (Å²) in [7, 11) is 0. The molecule has 0 aromatic heterocycles. The largest absolute Gasteiger partial charge is 0.394 e. The van der Waals surface area contributed by atoms with Crippen LogP contribution >= 0.6 is 0 Å². The number of fused-ring (bicyclic) bond motifs is 7. The summed E-state index contributed by atoms with van der Waals surface area (Å²) in [6.07, 6.45) is 9.75. The molecule has 11 unspecified atom stereocenters. The molecule has 0 saturated heterocycles. The molecule has 5 aliphatic carbocycles. The molecule has 0 heterocycles. The fraction of sp³-hybridized carbons (Fsp3) is 1.00. The maximum Gasteiger partial charge on any atom is 0.108 e. The van der Waals surface area contributed by atoms with Crippen LogP contribution in [0.25, 0.3) is 0 Å². The number of hydrogen-bond acceptors (Lipinski definition) is 5. The Balaban J connectivity index is 1.35. The average molecular weight is 563 g/mol. The van der Waals surface area contributed by atoms with E-state index >= 15 is 0 Å². The lowest BCUT2D eigenvalue weighted by Gasteiger charge is -2.73. The molecule has 0 spiro atoms. The fourth-order valence-corrected chi connectivity index (χ4v) is 13.2. The van der Waals surface area contributed by atoms with Crippen molar-refractivity contribution in [2.75, 3.05) is 6.61 Å². The van der Waals surface area contributed by atoms with Gasteiger partial charge in [0.05, 0.1) is 18.8 Å². The number of hydrogen-bond donors (Lipinski definition) is 5. The normalized spacial score (nSPS) is 50.0. The summed E-state index contributed by atoms with van der Waals surface area (Å²) < 4.78 is 0. The van der Waals surface area contributed by atoms with E-state index in [2.05, 4.69) is 48.5 Å². The van der Waals surface area contributed by atoms with Gasteiger partial charge in [0.25, 0.3) is 0 Å². The van der Waals surface area contributed by atoms with Gasteiger partial charge in [-0.3, -0.25) is 0 Å².